The first-order valence-corrected chi connectivity index (χ1v) is 11.0. The van der Waals surface area contributed by atoms with E-state index in [2.05, 4.69) is 21.2 Å². The molecule has 0 unspecified atom stereocenters. The summed E-state index contributed by atoms with van der Waals surface area (Å²) in [5, 5.41) is 2.83. The fourth-order valence-corrected chi connectivity index (χ4v) is 4.05. The van der Waals surface area contributed by atoms with Crippen molar-refractivity contribution >= 4 is 37.5 Å². The van der Waals surface area contributed by atoms with Crippen LogP contribution in [0.1, 0.15) is 23.6 Å². The number of sulfonamides is 1. The summed E-state index contributed by atoms with van der Waals surface area (Å²) < 4.78 is 39.2. The monoisotopic (exact) mass is 456 g/mol. The first-order chi connectivity index (χ1) is 12.6. The average molecular weight is 457 g/mol. The molecule has 0 heterocycles. The molecule has 1 N–H and O–H groups in total. The van der Waals surface area contributed by atoms with E-state index in [0.29, 0.717) is 11.3 Å². The molecule has 5 nitrogen and oxygen atoms in total. The summed E-state index contributed by atoms with van der Waals surface area (Å²) in [6, 6.07) is 9.33. The molecule has 0 aliphatic heterocycles. The van der Waals surface area contributed by atoms with Crippen molar-refractivity contribution in [1.29, 1.82) is 0 Å². The number of carbonyl (C=O) groups is 1. The zero-order chi connectivity index (χ0) is 20.2. The number of halogens is 2. The predicted molar refractivity (Wildman–Crippen MR) is 109 cm³/mol. The first-order valence-electron chi connectivity index (χ1n) is 8.38. The Hall–Kier alpha value is -1.77. The van der Waals surface area contributed by atoms with Gasteiger partial charge in [-0.2, -0.15) is 4.31 Å². The second-order valence-electron chi connectivity index (χ2n) is 6.32. The lowest BCUT2D eigenvalue weighted by atomic mass is 10.1. The summed E-state index contributed by atoms with van der Waals surface area (Å²) in [7, 11) is -3.62. The van der Waals surface area contributed by atoms with Crippen LogP contribution >= 0.6 is 15.9 Å². The number of anilines is 1. The Bertz CT molecular complexity index is 931. The number of benzene rings is 2. The van der Waals surface area contributed by atoms with Gasteiger partial charge in [0.25, 0.3) is 0 Å². The number of carbonyl (C=O) groups excluding carboxylic acids is 1. The molecule has 0 saturated carbocycles. The van der Waals surface area contributed by atoms with Crippen LogP contribution in [-0.2, 0) is 27.8 Å². The molecular formula is C19H22BrFN2O3S. The third kappa shape index (κ3) is 6.12. The second kappa shape index (κ2) is 8.95. The molecule has 0 saturated heterocycles. The molecule has 0 radical (unpaired) electrons. The fraction of sp³-hybridized carbons (Fsp3) is 0.316. The largest absolute Gasteiger partial charge is 0.324 e. The molecule has 2 aromatic carbocycles. The maximum atomic E-state index is 13.0. The van der Waals surface area contributed by atoms with Crippen molar-refractivity contribution in [2.75, 3.05) is 18.1 Å². The lowest BCUT2D eigenvalue weighted by Crippen LogP contribution is -2.37. The Balaban J connectivity index is 2.18. The zero-order valence-corrected chi connectivity index (χ0v) is 17.8. The van der Waals surface area contributed by atoms with Crippen molar-refractivity contribution in [2.24, 2.45) is 0 Å². The number of aryl methyl sites for hydroxylation is 2. The molecule has 27 heavy (non-hydrogen) atoms. The molecule has 2 rings (SSSR count). The number of hydrogen-bond donors (Lipinski definition) is 1. The minimum Gasteiger partial charge on any atom is -0.324 e. The molecule has 2 aromatic rings. The van der Waals surface area contributed by atoms with E-state index >= 15 is 0 Å². The third-order valence-corrected chi connectivity index (χ3v) is 5.74. The highest BCUT2D eigenvalue weighted by Gasteiger charge is 2.21. The summed E-state index contributed by atoms with van der Waals surface area (Å²) in [5.74, 6) is -0.831. The third-order valence-electron chi connectivity index (χ3n) is 4.09. The number of hydrogen-bond acceptors (Lipinski definition) is 3. The van der Waals surface area contributed by atoms with Crippen molar-refractivity contribution in [3.8, 4) is 0 Å². The number of nitrogens with one attached hydrogen (secondary N) is 1. The van der Waals surface area contributed by atoms with Gasteiger partial charge in [-0.1, -0.05) is 35.0 Å². The molecule has 8 heteroatoms. The van der Waals surface area contributed by atoms with Crippen LogP contribution in [0.15, 0.2) is 40.9 Å². The molecule has 146 valence electrons. The van der Waals surface area contributed by atoms with Gasteiger partial charge in [0.05, 0.1) is 12.8 Å². The maximum Gasteiger partial charge on any atom is 0.239 e. The molecule has 0 bridgehead atoms. The Labute approximate surface area is 167 Å². The molecule has 0 aliphatic rings. The SMILES string of the molecule is CCc1cc(Br)cc(C)c1NC(=O)CN(Cc1ccc(F)cc1)S(C)(=O)=O. The molecule has 1 amide bonds. The number of nitrogens with zero attached hydrogens (tertiary/aromatic N) is 1. The number of rotatable bonds is 7. The van der Waals surface area contributed by atoms with E-state index < -0.39 is 21.7 Å². The van der Waals surface area contributed by atoms with Gasteiger partial charge in [0.15, 0.2) is 0 Å². The van der Waals surface area contributed by atoms with Gasteiger partial charge in [-0.15, -0.1) is 0 Å². The van der Waals surface area contributed by atoms with Gasteiger partial charge >= 0.3 is 0 Å². The zero-order valence-electron chi connectivity index (χ0n) is 15.4. The minimum absolute atomic E-state index is 0.00745. The Morgan fingerprint density at radius 3 is 2.41 bits per heavy atom. The molecule has 0 fully saturated rings. The topological polar surface area (TPSA) is 66.5 Å². The lowest BCUT2D eigenvalue weighted by Gasteiger charge is -2.21. The van der Waals surface area contributed by atoms with Crippen LogP contribution in [0.5, 0.6) is 0 Å². The smallest absolute Gasteiger partial charge is 0.239 e. The fourth-order valence-electron chi connectivity index (χ4n) is 2.69. The minimum atomic E-state index is -3.62. The summed E-state index contributed by atoms with van der Waals surface area (Å²) >= 11 is 3.44. The van der Waals surface area contributed by atoms with Crippen LogP contribution in [0.3, 0.4) is 0 Å². The van der Waals surface area contributed by atoms with Crippen molar-refractivity contribution < 1.29 is 17.6 Å². The normalized spacial score (nSPS) is 11.6. The molecule has 0 aliphatic carbocycles. The van der Waals surface area contributed by atoms with Crippen molar-refractivity contribution in [2.45, 2.75) is 26.8 Å². The highest BCUT2D eigenvalue weighted by molar-refractivity contribution is 9.10. The highest BCUT2D eigenvalue weighted by Crippen LogP contribution is 2.26. The summed E-state index contributed by atoms with van der Waals surface area (Å²) in [5.41, 5.74) is 3.14. The van der Waals surface area contributed by atoms with Crippen molar-refractivity contribution in [3.05, 3.63) is 63.4 Å². The Morgan fingerprint density at radius 1 is 1.22 bits per heavy atom. The van der Waals surface area contributed by atoms with Gasteiger partial charge in [-0.3, -0.25) is 4.79 Å². The quantitative estimate of drug-likeness (QED) is 0.687. The summed E-state index contributed by atoms with van der Waals surface area (Å²) in [6.45, 7) is 3.53. The van der Waals surface area contributed by atoms with Crippen LogP contribution in [0, 0.1) is 12.7 Å². The van der Waals surface area contributed by atoms with E-state index in [0.717, 1.165) is 32.6 Å². The summed E-state index contributed by atoms with van der Waals surface area (Å²) in [6.07, 6.45) is 1.77. The van der Waals surface area contributed by atoms with Gasteiger partial charge < -0.3 is 5.32 Å². The van der Waals surface area contributed by atoms with Crippen LogP contribution in [0.4, 0.5) is 10.1 Å². The van der Waals surface area contributed by atoms with Gasteiger partial charge in [0, 0.05) is 16.7 Å². The van der Waals surface area contributed by atoms with Crippen LogP contribution in [0.2, 0.25) is 0 Å². The van der Waals surface area contributed by atoms with Gasteiger partial charge in [0.1, 0.15) is 5.82 Å². The van der Waals surface area contributed by atoms with E-state index in [-0.39, 0.29) is 13.1 Å². The van der Waals surface area contributed by atoms with Crippen molar-refractivity contribution in [3.63, 3.8) is 0 Å². The van der Waals surface area contributed by atoms with E-state index in [1.807, 2.05) is 26.0 Å². The van der Waals surface area contributed by atoms with E-state index in [9.17, 15) is 17.6 Å². The first kappa shape index (κ1) is 21.5. The van der Waals surface area contributed by atoms with E-state index in [1.54, 1.807) is 0 Å². The molecule has 0 spiro atoms. The molecular weight excluding hydrogens is 435 g/mol. The van der Waals surface area contributed by atoms with Crippen LogP contribution in [-0.4, -0.2) is 31.4 Å². The Morgan fingerprint density at radius 2 is 1.85 bits per heavy atom. The van der Waals surface area contributed by atoms with Crippen LogP contribution in [0.25, 0.3) is 0 Å². The molecule has 0 aromatic heterocycles. The second-order valence-corrected chi connectivity index (χ2v) is 9.21. The average Bonchev–Trinajstić information content (AvgIpc) is 2.57. The van der Waals surface area contributed by atoms with E-state index in [4.69, 9.17) is 0 Å². The Kier molecular flexibility index (Phi) is 7.13. The standard InChI is InChI=1S/C19H22BrFN2O3S/c1-4-15-10-16(20)9-13(2)19(15)22-18(24)12-23(27(3,25)26)11-14-5-7-17(21)8-6-14/h5-10H,4,11-12H2,1-3H3,(H,22,24). The summed E-state index contributed by atoms with van der Waals surface area (Å²) in [4.78, 5) is 12.5. The van der Waals surface area contributed by atoms with E-state index in [1.165, 1.54) is 24.3 Å². The van der Waals surface area contributed by atoms with Gasteiger partial charge in [-0.25, -0.2) is 12.8 Å². The van der Waals surface area contributed by atoms with Crippen molar-refractivity contribution in [1.82, 2.24) is 4.31 Å². The number of amides is 1. The van der Waals surface area contributed by atoms with Gasteiger partial charge in [0.2, 0.25) is 15.9 Å². The molecule has 0 atom stereocenters. The highest BCUT2D eigenvalue weighted by atomic mass is 79.9. The maximum absolute atomic E-state index is 13.0. The lowest BCUT2D eigenvalue weighted by molar-refractivity contribution is -0.116. The van der Waals surface area contributed by atoms with Crippen LogP contribution < -0.4 is 5.32 Å². The van der Waals surface area contributed by atoms with Gasteiger partial charge in [-0.05, 0) is 54.3 Å². The predicted octanol–water partition coefficient (Wildman–Crippen LogP) is 3.86.